The lowest BCUT2D eigenvalue weighted by molar-refractivity contribution is -0.137. The number of nitrogens with one attached hydrogen (secondary N) is 4. The molecule has 3 amide bonds. The Bertz CT molecular complexity index is 1710. The van der Waals surface area contributed by atoms with Crippen molar-refractivity contribution in [3.8, 4) is 22.9 Å². The Hall–Kier alpha value is -5.59. The molecule has 2 aromatic heterocycles. The number of benzene rings is 2. The molecule has 2 heterocycles. The number of hydrogen-bond donors (Lipinski definition) is 5. The number of H-pyrrole nitrogens is 1. The molecule has 228 valence electrons. The van der Waals surface area contributed by atoms with Crippen LogP contribution in [0.3, 0.4) is 0 Å². The van der Waals surface area contributed by atoms with Crippen LogP contribution < -0.4 is 20.7 Å². The highest BCUT2D eigenvalue weighted by molar-refractivity contribution is 6.04. The summed E-state index contributed by atoms with van der Waals surface area (Å²) in [5, 5.41) is 16.6. The molecular formula is C31H29F2N5O6. The Morgan fingerprint density at radius 2 is 1.75 bits per heavy atom. The number of carboxylic acids is 1. The smallest absolute Gasteiger partial charge is 0.303 e. The van der Waals surface area contributed by atoms with Gasteiger partial charge in [-0.1, -0.05) is 6.07 Å². The van der Waals surface area contributed by atoms with Gasteiger partial charge in [-0.2, -0.15) is 0 Å². The second-order valence-electron chi connectivity index (χ2n) is 9.72. The number of ether oxygens (including phenoxy) is 1. The fourth-order valence-electron chi connectivity index (χ4n) is 4.15. The number of aliphatic carboxylic acids is 1. The predicted octanol–water partition coefficient (Wildman–Crippen LogP) is 4.81. The van der Waals surface area contributed by atoms with Gasteiger partial charge in [-0.25, -0.2) is 8.78 Å². The van der Waals surface area contributed by atoms with Crippen LogP contribution in [-0.2, 0) is 9.59 Å². The number of rotatable bonds is 12. The van der Waals surface area contributed by atoms with Gasteiger partial charge in [0.15, 0.2) is 11.6 Å². The minimum atomic E-state index is -1.10. The van der Waals surface area contributed by atoms with E-state index in [0.29, 0.717) is 17.9 Å². The second-order valence-corrected chi connectivity index (χ2v) is 9.72. The third-order valence-corrected chi connectivity index (χ3v) is 6.36. The second kappa shape index (κ2) is 14.1. The van der Waals surface area contributed by atoms with Gasteiger partial charge in [-0.05, 0) is 68.3 Å². The van der Waals surface area contributed by atoms with E-state index in [1.54, 1.807) is 19.9 Å². The molecule has 5 N–H and O–H groups in total. The van der Waals surface area contributed by atoms with Crippen molar-refractivity contribution in [1.29, 1.82) is 0 Å². The molecule has 4 rings (SSSR count). The van der Waals surface area contributed by atoms with E-state index >= 15 is 0 Å². The van der Waals surface area contributed by atoms with Gasteiger partial charge in [0.2, 0.25) is 5.91 Å². The van der Waals surface area contributed by atoms with Crippen molar-refractivity contribution in [3.05, 3.63) is 95.3 Å². The summed E-state index contributed by atoms with van der Waals surface area (Å²) in [5.41, 5.74) is 1.65. The van der Waals surface area contributed by atoms with E-state index in [1.807, 2.05) is 0 Å². The first kappa shape index (κ1) is 31.3. The number of carboxylic acid groups (broad SMARTS) is 1. The fourth-order valence-corrected chi connectivity index (χ4v) is 4.15. The van der Waals surface area contributed by atoms with Crippen LogP contribution in [0, 0.1) is 18.6 Å². The summed E-state index contributed by atoms with van der Waals surface area (Å²) in [6, 6.07) is 11.1. The molecule has 2 aromatic carbocycles. The number of likely N-dealkylation sites (N-methyl/N-ethyl adjacent to an activating group) is 1. The van der Waals surface area contributed by atoms with Crippen LogP contribution in [0.5, 0.6) is 11.5 Å². The van der Waals surface area contributed by atoms with Crippen LogP contribution in [0.25, 0.3) is 11.4 Å². The molecule has 13 heteroatoms. The summed E-state index contributed by atoms with van der Waals surface area (Å²) in [4.78, 5) is 56.0. The van der Waals surface area contributed by atoms with E-state index in [-0.39, 0.29) is 41.2 Å². The zero-order valence-corrected chi connectivity index (χ0v) is 23.7. The highest BCUT2D eigenvalue weighted by Gasteiger charge is 2.23. The number of carbonyl (C=O) groups is 4. The number of aromatic amines is 1. The lowest BCUT2D eigenvalue weighted by Gasteiger charge is -2.16. The topological polar surface area (TPSA) is 163 Å². The Morgan fingerprint density at radius 3 is 2.50 bits per heavy atom. The summed E-state index contributed by atoms with van der Waals surface area (Å²) in [6.07, 6.45) is 2.39. The first-order valence-electron chi connectivity index (χ1n) is 13.5. The number of hydrogen-bond acceptors (Lipinski definition) is 6. The Balaban J connectivity index is 1.48. The highest BCUT2D eigenvalue weighted by Crippen LogP contribution is 2.29. The van der Waals surface area contributed by atoms with Crippen LogP contribution in [0.1, 0.15) is 46.0 Å². The molecule has 0 aliphatic carbocycles. The average Bonchev–Trinajstić information content (AvgIpc) is 3.49. The lowest BCUT2D eigenvalue weighted by Crippen LogP contribution is -2.46. The maximum absolute atomic E-state index is 14.6. The SMILES string of the molecule is CCNC(=O)[C@H](CCC(=O)O)NC(=O)c1c[nH]c(-c2cc(Oc3cc(C(=O)Nc4cc(C)ccc4F)ccc3F)ccn2)c1. The van der Waals surface area contributed by atoms with Crippen molar-refractivity contribution in [1.82, 2.24) is 20.6 Å². The van der Waals surface area contributed by atoms with Gasteiger partial charge in [-0.15, -0.1) is 0 Å². The van der Waals surface area contributed by atoms with Crippen molar-refractivity contribution in [3.63, 3.8) is 0 Å². The van der Waals surface area contributed by atoms with Crippen molar-refractivity contribution in [2.24, 2.45) is 0 Å². The number of pyridine rings is 1. The maximum Gasteiger partial charge on any atom is 0.303 e. The van der Waals surface area contributed by atoms with Crippen LogP contribution in [0.15, 0.2) is 67.0 Å². The summed E-state index contributed by atoms with van der Waals surface area (Å²) in [7, 11) is 0. The van der Waals surface area contributed by atoms with Gasteiger partial charge in [0.05, 0.1) is 22.6 Å². The van der Waals surface area contributed by atoms with Gasteiger partial charge in [-0.3, -0.25) is 24.2 Å². The van der Waals surface area contributed by atoms with Gasteiger partial charge >= 0.3 is 5.97 Å². The van der Waals surface area contributed by atoms with Crippen LogP contribution in [0.2, 0.25) is 0 Å². The zero-order chi connectivity index (χ0) is 31.8. The summed E-state index contributed by atoms with van der Waals surface area (Å²) in [6.45, 7) is 3.76. The molecule has 44 heavy (non-hydrogen) atoms. The minimum Gasteiger partial charge on any atom is -0.481 e. The number of carbonyl (C=O) groups excluding carboxylic acids is 3. The Morgan fingerprint density at radius 1 is 0.977 bits per heavy atom. The first-order valence-corrected chi connectivity index (χ1v) is 13.5. The molecule has 11 nitrogen and oxygen atoms in total. The van der Waals surface area contributed by atoms with Gasteiger partial charge < -0.3 is 30.8 Å². The molecule has 0 saturated heterocycles. The molecule has 0 bridgehead atoms. The van der Waals surface area contributed by atoms with Crippen molar-refractivity contribution >= 4 is 29.4 Å². The largest absolute Gasteiger partial charge is 0.481 e. The van der Waals surface area contributed by atoms with E-state index in [4.69, 9.17) is 9.84 Å². The number of aromatic nitrogens is 2. The quantitative estimate of drug-likeness (QED) is 0.155. The number of halogens is 2. The molecule has 0 saturated carbocycles. The molecule has 0 aliphatic rings. The van der Waals surface area contributed by atoms with E-state index in [1.165, 1.54) is 54.9 Å². The summed E-state index contributed by atoms with van der Waals surface area (Å²) < 4.78 is 34.5. The predicted molar refractivity (Wildman–Crippen MR) is 156 cm³/mol. The molecule has 0 spiro atoms. The van der Waals surface area contributed by atoms with Gasteiger partial charge in [0.25, 0.3) is 11.8 Å². The first-order chi connectivity index (χ1) is 21.0. The fraction of sp³-hybridized carbons (Fsp3) is 0.194. The Kier molecular flexibility index (Phi) is 10.0. The van der Waals surface area contributed by atoms with Crippen molar-refractivity contribution in [2.75, 3.05) is 11.9 Å². The van der Waals surface area contributed by atoms with Gasteiger partial charge in [0.1, 0.15) is 17.6 Å². The van der Waals surface area contributed by atoms with Crippen LogP contribution >= 0.6 is 0 Å². The van der Waals surface area contributed by atoms with Crippen LogP contribution in [-0.4, -0.2) is 51.4 Å². The minimum absolute atomic E-state index is 0.0143. The molecular weight excluding hydrogens is 576 g/mol. The molecule has 0 fully saturated rings. The third kappa shape index (κ3) is 8.03. The number of amides is 3. The number of aryl methyl sites for hydroxylation is 1. The number of anilines is 1. The third-order valence-electron chi connectivity index (χ3n) is 6.36. The Labute approximate surface area is 250 Å². The summed E-state index contributed by atoms with van der Waals surface area (Å²) in [5.74, 6) is -4.32. The van der Waals surface area contributed by atoms with Crippen molar-refractivity contribution in [2.45, 2.75) is 32.7 Å². The van der Waals surface area contributed by atoms with E-state index < -0.39 is 41.4 Å². The van der Waals surface area contributed by atoms with E-state index in [0.717, 1.165) is 11.6 Å². The standard InChI is InChI=1S/C31H29F2N5O6/c1-3-34-31(43)23(8-9-28(39)40)37-30(42)19-13-25(36-16-19)26-15-20(10-11-35-26)44-27-14-18(5-7-22(27)33)29(41)38-24-12-17(2)4-6-21(24)32/h4-7,10-16,23,36H,3,8-9H2,1-2H3,(H,34,43)(H,37,42)(H,38,41)(H,39,40)/t23-/m0/s1. The van der Waals surface area contributed by atoms with Gasteiger partial charge in [0, 0.05) is 37.0 Å². The normalized spacial score (nSPS) is 11.4. The van der Waals surface area contributed by atoms with Crippen molar-refractivity contribution < 1.29 is 37.8 Å². The molecule has 0 aliphatic heterocycles. The molecule has 0 radical (unpaired) electrons. The maximum atomic E-state index is 14.6. The van der Waals surface area contributed by atoms with E-state index in [2.05, 4.69) is 25.9 Å². The molecule has 4 aromatic rings. The zero-order valence-electron chi connectivity index (χ0n) is 23.7. The van der Waals surface area contributed by atoms with Crippen LogP contribution in [0.4, 0.5) is 14.5 Å². The number of nitrogens with zero attached hydrogens (tertiary/aromatic N) is 1. The highest BCUT2D eigenvalue weighted by atomic mass is 19.1. The average molecular weight is 606 g/mol. The lowest BCUT2D eigenvalue weighted by atomic mass is 10.1. The van der Waals surface area contributed by atoms with E-state index in [9.17, 15) is 28.0 Å². The summed E-state index contributed by atoms with van der Waals surface area (Å²) >= 11 is 0. The molecule has 0 unspecified atom stereocenters. The molecule has 1 atom stereocenters. The monoisotopic (exact) mass is 605 g/mol.